The summed E-state index contributed by atoms with van der Waals surface area (Å²) >= 11 is 11.2. The predicted molar refractivity (Wildman–Crippen MR) is 307 cm³/mol. The molecule has 0 heterocycles. The van der Waals surface area contributed by atoms with E-state index in [2.05, 4.69) is 21.3 Å². The van der Waals surface area contributed by atoms with Crippen molar-refractivity contribution >= 4 is 182 Å². The SMILES string of the molecule is CC(O)C(=O)Nc1c(I)c(C(=O)NC(C)(O)CO)c(I)c(C(=O)N(C)CCCOCCOCCOCCOCCCN(C)C(=O)c2c(I)c(NC(=O)C(C)O)c(I)c(C(=O)NC(C)(O)CO)c2I)c1I. The normalized spacial score (nSPS) is 13.9. The third kappa shape index (κ3) is 19.7. The Hall–Kier alpha value is -0.760. The van der Waals surface area contributed by atoms with Crippen molar-refractivity contribution in [2.75, 3.05) is 104 Å². The summed E-state index contributed by atoms with van der Waals surface area (Å²) in [6.45, 7) is 6.37. The van der Waals surface area contributed by atoms with Crippen LogP contribution in [0.2, 0.25) is 0 Å². The highest BCUT2D eigenvalue weighted by atomic mass is 127. The van der Waals surface area contributed by atoms with Gasteiger partial charge in [0.25, 0.3) is 35.4 Å². The lowest BCUT2D eigenvalue weighted by Gasteiger charge is -2.26. The van der Waals surface area contributed by atoms with Crippen LogP contribution in [0, 0.1) is 21.4 Å². The number of anilines is 2. The van der Waals surface area contributed by atoms with E-state index < -0.39 is 72.3 Å². The first-order valence-electron chi connectivity index (χ1n) is 21.2. The molecule has 2 rings (SSSR count). The van der Waals surface area contributed by atoms with Gasteiger partial charge in [-0.2, -0.15) is 0 Å². The third-order valence-electron chi connectivity index (χ3n) is 9.53. The van der Waals surface area contributed by atoms with Crippen LogP contribution in [-0.4, -0.2) is 193 Å². The molecule has 0 aliphatic heterocycles. The van der Waals surface area contributed by atoms with Crippen molar-refractivity contribution in [3.05, 3.63) is 43.7 Å². The van der Waals surface area contributed by atoms with Crippen molar-refractivity contribution in [1.29, 1.82) is 0 Å². The van der Waals surface area contributed by atoms with E-state index in [4.69, 9.17) is 18.9 Å². The second-order valence-corrected chi connectivity index (χ2v) is 22.3. The Morgan fingerprint density at radius 1 is 0.514 bits per heavy atom. The number of halogens is 6. The highest BCUT2D eigenvalue weighted by molar-refractivity contribution is 14.1. The number of amides is 6. The summed E-state index contributed by atoms with van der Waals surface area (Å²) < 4.78 is 24.2. The molecule has 394 valence electrons. The Bertz CT molecular complexity index is 2040. The molecule has 0 fully saturated rings. The number of hydrogen-bond donors (Lipinski definition) is 10. The molecule has 22 nitrogen and oxygen atoms in total. The zero-order valence-electron chi connectivity index (χ0n) is 39.0. The minimum Gasteiger partial charge on any atom is -0.391 e. The molecular weight excluding hydrogens is 1610 g/mol. The number of hydrogen-bond acceptors (Lipinski definition) is 16. The summed E-state index contributed by atoms with van der Waals surface area (Å²) in [6.07, 6.45) is -1.84. The number of benzene rings is 2. The summed E-state index contributed by atoms with van der Waals surface area (Å²) in [5.74, 6) is -3.99. The van der Waals surface area contributed by atoms with Crippen molar-refractivity contribution in [3.63, 3.8) is 0 Å². The Morgan fingerprint density at radius 2 is 0.786 bits per heavy atom. The molecule has 0 bridgehead atoms. The molecule has 0 radical (unpaired) electrons. The van der Waals surface area contributed by atoms with Crippen LogP contribution in [-0.2, 0) is 28.5 Å². The monoisotopic (exact) mass is 1660 g/mol. The van der Waals surface area contributed by atoms with E-state index in [0.29, 0.717) is 72.8 Å². The molecule has 0 aliphatic rings. The number of carbonyl (C=O) groups excluding carboxylic acids is 6. The van der Waals surface area contributed by atoms with Gasteiger partial charge in [-0.1, -0.05) is 0 Å². The summed E-state index contributed by atoms with van der Waals surface area (Å²) in [7, 11) is 3.17. The molecule has 70 heavy (non-hydrogen) atoms. The van der Waals surface area contributed by atoms with Crippen molar-refractivity contribution < 1.29 is 78.4 Å². The van der Waals surface area contributed by atoms with Crippen molar-refractivity contribution in [2.45, 2.75) is 64.2 Å². The number of nitrogens with one attached hydrogen (secondary N) is 4. The smallest absolute Gasteiger partial charge is 0.255 e. The highest BCUT2D eigenvalue weighted by Gasteiger charge is 2.34. The van der Waals surface area contributed by atoms with E-state index in [-0.39, 0.29) is 61.0 Å². The first-order valence-corrected chi connectivity index (χ1v) is 27.6. The van der Waals surface area contributed by atoms with Crippen molar-refractivity contribution in [3.8, 4) is 0 Å². The van der Waals surface area contributed by atoms with Gasteiger partial charge in [0.15, 0.2) is 11.4 Å². The van der Waals surface area contributed by atoms with Crippen LogP contribution in [0.25, 0.3) is 0 Å². The Labute approximate surface area is 487 Å². The molecule has 0 saturated carbocycles. The van der Waals surface area contributed by atoms with Crippen molar-refractivity contribution in [2.24, 2.45) is 0 Å². The number of rotatable bonds is 29. The van der Waals surface area contributed by atoms with Crippen LogP contribution in [0.15, 0.2) is 0 Å². The van der Waals surface area contributed by atoms with E-state index in [1.165, 1.54) is 37.5 Å². The van der Waals surface area contributed by atoms with Gasteiger partial charge in [-0.3, -0.25) is 28.8 Å². The minimum atomic E-state index is -1.96. The van der Waals surface area contributed by atoms with E-state index >= 15 is 0 Å². The van der Waals surface area contributed by atoms with Gasteiger partial charge in [0.2, 0.25) is 0 Å². The topological polar surface area (TPSA) is 315 Å². The van der Waals surface area contributed by atoms with Gasteiger partial charge in [-0.05, 0) is 176 Å². The lowest BCUT2D eigenvalue weighted by atomic mass is 10.1. The number of aliphatic hydroxyl groups is 6. The zero-order valence-corrected chi connectivity index (χ0v) is 51.9. The van der Waals surface area contributed by atoms with Crippen molar-refractivity contribution in [1.82, 2.24) is 20.4 Å². The van der Waals surface area contributed by atoms with Gasteiger partial charge in [-0.15, -0.1) is 0 Å². The van der Waals surface area contributed by atoms with Gasteiger partial charge in [0.05, 0.1) is 101 Å². The second-order valence-electron chi connectivity index (χ2n) is 15.8. The molecule has 2 aromatic carbocycles. The summed E-state index contributed by atoms with van der Waals surface area (Å²) in [5.41, 5.74) is -3.41. The molecule has 0 aliphatic carbocycles. The molecule has 2 aromatic rings. The van der Waals surface area contributed by atoms with Crippen LogP contribution in [0.3, 0.4) is 0 Å². The predicted octanol–water partition coefficient (Wildman–Crippen LogP) is 2.50. The molecule has 0 saturated heterocycles. The molecule has 6 amide bonds. The maximum absolute atomic E-state index is 13.8. The van der Waals surface area contributed by atoms with E-state index in [9.17, 15) is 59.4 Å². The standard InChI is InChI=1S/C42H58I6N6O16/c1-21(57)35(59)49-33-29(45)23(37(61)51-41(3,65)19-55)27(43)25(31(33)47)39(63)53(5)9-7-11-67-13-15-69-17-18-70-16-14-68-12-8-10-54(6)40(64)26-28(44)24(38(62)52-42(4,66)20-56)30(46)34(32(26)48)50-36(60)22(2)58/h21-22,55-58,65-66H,7-20H2,1-6H3,(H,49,59)(H,50,60)(H,51,61)(H,52,62). The van der Waals surface area contributed by atoms with E-state index in [1.54, 1.807) is 14.1 Å². The lowest BCUT2D eigenvalue weighted by molar-refractivity contribution is -0.123. The first kappa shape index (κ1) is 65.4. The molecular formula is C42H58I6N6O16. The van der Waals surface area contributed by atoms with Gasteiger partial charge in [0.1, 0.15) is 12.2 Å². The first-order chi connectivity index (χ1) is 32.7. The molecule has 28 heteroatoms. The number of nitrogens with zero attached hydrogens (tertiary/aromatic N) is 2. The van der Waals surface area contributed by atoms with Gasteiger partial charge in [0, 0.05) is 47.5 Å². The number of aliphatic hydroxyl groups excluding tert-OH is 4. The fraction of sp³-hybridized carbons (Fsp3) is 0.571. The zero-order chi connectivity index (χ0) is 53.3. The molecule has 4 unspecified atom stereocenters. The Morgan fingerprint density at radius 3 is 1.06 bits per heavy atom. The quantitative estimate of drug-likeness (QED) is 0.0318. The van der Waals surface area contributed by atoms with Crippen LogP contribution >= 0.6 is 136 Å². The fourth-order valence-electron chi connectivity index (χ4n) is 5.62. The van der Waals surface area contributed by atoms with Crippen LogP contribution in [0.4, 0.5) is 11.4 Å². The Kier molecular flexibility index (Phi) is 29.2. The summed E-state index contributed by atoms with van der Waals surface area (Å²) in [5, 5.41) is 69.1. The number of ether oxygens (including phenoxy) is 4. The van der Waals surface area contributed by atoms with Crippen LogP contribution < -0.4 is 21.3 Å². The van der Waals surface area contributed by atoms with E-state index in [0.717, 1.165) is 0 Å². The van der Waals surface area contributed by atoms with E-state index in [1.807, 2.05) is 136 Å². The van der Waals surface area contributed by atoms with Crippen LogP contribution in [0.5, 0.6) is 0 Å². The molecule has 0 aromatic heterocycles. The van der Waals surface area contributed by atoms with Gasteiger partial charge in [-0.25, -0.2) is 0 Å². The van der Waals surface area contributed by atoms with Crippen LogP contribution in [0.1, 0.15) is 82.0 Å². The average Bonchev–Trinajstić information content (AvgIpc) is 3.28. The fourth-order valence-corrected chi connectivity index (χ4v) is 14.4. The Balaban J connectivity index is 1.80. The highest BCUT2D eigenvalue weighted by Crippen LogP contribution is 2.38. The summed E-state index contributed by atoms with van der Waals surface area (Å²) in [4.78, 5) is 82.1. The lowest BCUT2D eigenvalue weighted by Crippen LogP contribution is -2.49. The largest absolute Gasteiger partial charge is 0.391 e. The molecule has 4 atom stereocenters. The second kappa shape index (κ2) is 31.3. The molecule has 0 spiro atoms. The van der Waals surface area contributed by atoms with Gasteiger partial charge >= 0.3 is 0 Å². The maximum Gasteiger partial charge on any atom is 0.255 e. The molecule has 10 N–H and O–H groups in total. The number of carbonyl (C=O) groups is 6. The maximum atomic E-state index is 13.8. The minimum absolute atomic E-state index is 0.00668. The van der Waals surface area contributed by atoms with Gasteiger partial charge < -0.3 is 80.7 Å². The summed E-state index contributed by atoms with van der Waals surface area (Å²) in [6, 6.07) is 0. The third-order valence-corrected chi connectivity index (χ3v) is 16.0. The average molecular weight is 1660 g/mol.